The molecule has 5 nitrogen and oxygen atoms in total. The van der Waals surface area contributed by atoms with Crippen molar-refractivity contribution in [3.05, 3.63) is 17.5 Å². The summed E-state index contributed by atoms with van der Waals surface area (Å²) in [7, 11) is 0. The predicted octanol–water partition coefficient (Wildman–Crippen LogP) is 2.32. The molecule has 0 unspecified atom stereocenters. The minimum absolute atomic E-state index is 0.150. The van der Waals surface area contributed by atoms with Gasteiger partial charge in [-0.3, -0.25) is 0 Å². The molecule has 2 amide bonds. The molecule has 2 N–H and O–H groups in total. The van der Waals surface area contributed by atoms with Crippen molar-refractivity contribution in [2.75, 3.05) is 12.3 Å². The van der Waals surface area contributed by atoms with E-state index in [0.717, 1.165) is 12.1 Å². The fraction of sp³-hybridized carbons (Fsp3) is 0.692. The number of nitrogens with zero attached hydrogens (tertiary/aromatic N) is 1. The van der Waals surface area contributed by atoms with Gasteiger partial charge >= 0.3 is 6.03 Å². The van der Waals surface area contributed by atoms with Gasteiger partial charge in [0.15, 0.2) is 5.76 Å². The van der Waals surface area contributed by atoms with E-state index in [2.05, 4.69) is 22.7 Å². The van der Waals surface area contributed by atoms with Crippen LogP contribution in [0.2, 0.25) is 0 Å². The highest BCUT2D eigenvalue weighted by Crippen LogP contribution is 2.36. The third-order valence-corrected chi connectivity index (χ3v) is 4.85. The Morgan fingerprint density at radius 1 is 1.58 bits per heavy atom. The second kappa shape index (κ2) is 6.32. The molecule has 0 spiro atoms. The van der Waals surface area contributed by atoms with E-state index < -0.39 is 0 Å². The molecule has 1 aliphatic heterocycles. The summed E-state index contributed by atoms with van der Waals surface area (Å²) in [6, 6.07) is 1.72. The third-order valence-electron chi connectivity index (χ3n) is 3.32. The van der Waals surface area contributed by atoms with Crippen molar-refractivity contribution < 1.29 is 9.32 Å². The first-order valence-electron chi connectivity index (χ1n) is 6.71. The standard InChI is InChI=1S/C13H21N3O2S/c1-3-10-7-11(18-16-10)8-14-12(17)15-9-13(2)5-4-6-19-13/h7H,3-6,8-9H2,1-2H3,(H2,14,15,17)/t13-/m0/s1. The number of thioether (sulfide) groups is 1. The quantitative estimate of drug-likeness (QED) is 0.870. The summed E-state index contributed by atoms with van der Waals surface area (Å²) >= 11 is 1.94. The number of aromatic nitrogens is 1. The number of urea groups is 1. The molecule has 1 fully saturated rings. The largest absolute Gasteiger partial charge is 0.359 e. The minimum atomic E-state index is -0.150. The fourth-order valence-corrected chi connectivity index (χ4v) is 3.32. The van der Waals surface area contributed by atoms with Crippen molar-refractivity contribution in [2.45, 2.75) is 44.4 Å². The molecular weight excluding hydrogens is 262 g/mol. The highest BCUT2D eigenvalue weighted by Gasteiger charge is 2.29. The first kappa shape index (κ1) is 14.2. The van der Waals surface area contributed by atoms with E-state index in [9.17, 15) is 4.79 Å². The number of carbonyl (C=O) groups is 1. The van der Waals surface area contributed by atoms with Crippen LogP contribution in [0.4, 0.5) is 4.79 Å². The number of hydrogen-bond acceptors (Lipinski definition) is 4. The van der Waals surface area contributed by atoms with E-state index in [4.69, 9.17) is 4.52 Å². The summed E-state index contributed by atoms with van der Waals surface area (Å²) in [4.78, 5) is 11.7. The van der Waals surface area contributed by atoms with Gasteiger partial charge in [0.05, 0.1) is 12.2 Å². The Bertz CT molecular complexity index is 427. The van der Waals surface area contributed by atoms with Crippen LogP contribution in [0.1, 0.15) is 38.1 Å². The van der Waals surface area contributed by atoms with Crippen molar-refractivity contribution in [2.24, 2.45) is 0 Å². The van der Waals surface area contributed by atoms with Crippen LogP contribution in [0, 0.1) is 0 Å². The molecule has 2 rings (SSSR count). The molecule has 0 bridgehead atoms. The van der Waals surface area contributed by atoms with Crippen molar-refractivity contribution in [1.29, 1.82) is 0 Å². The van der Waals surface area contributed by atoms with Gasteiger partial charge in [0.2, 0.25) is 0 Å². The maximum Gasteiger partial charge on any atom is 0.315 e. The topological polar surface area (TPSA) is 67.2 Å². The van der Waals surface area contributed by atoms with Crippen LogP contribution in [-0.2, 0) is 13.0 Å². The number of amides is 2. The summed E-state index contributed by atoms with van der Waals surface area (Å²) in [6.45, 7) is 5.31. The smallest absolute Gasteiger partial charge is 0.315 e. The predicted molar refractivity (Wildman–Crippen MR) is 76.2 cm³/mol. The van der Waals surface area contributed by atoms with E-state index in [-0.39, 0.29) is 10.8 Å². The van der Waals surface area contributed by atoms with Crippen LogP contribution < -0.4 is 10.6 Å². The number of rotatable bonds is 5. The lowest BCUT2D eigenvalue weighted by Gasteiger charge is -2.22. The van der Waals surface area contributed by atoms with Crippen LogP contribution >= 0.6 is 11.8 Å². The molecule has 19 heavy (non-hydrogen) atoms. The van der Waals surface area contributed by atoms with Gasteiger partial charge in [-0.25, -0.2) is 4.79 Å². The summed E-state index contributed by atoms with van der Waals surface area (Å²) in [5.74, 6) is 1.88. The van der Waals surface area contributed by atoms with Crippen molar-refractivity contribution in [3.8, 4) is 0 Å². The average Bonchev–Trinajstić information content (AvgIpc) is 3.03. The molecule has 0 radical (unpaired) electrons. The molecule has 1 aromatic rings. The zero-order chi connectivity index (χ0) is 13.7. The SMILES string of the molecule is CCc1cc(CNC(=O)NC[C@]2(C)CCCS2)on1. The van der Waals surface area contributed by atoms with Crippen LogP contribution in [0.3, 0.4) is 0 Å². The van der Waals surface area contributed by atoms with E-state index in [0.29, 0.717) is 18.8 Å². The zero-order valence-corrected chi connectivity index (χ0v) is 12.3. The van der Waals surface area contributed by atoms with Crippen LogP contribution in [-0.4, -0.2) is 28.2 Å². The Balaban J connectivity index is 1.69. The first-order chi connectivity index (χ1) is 9.11. The van der Waals surface area contributed by atoms with E-state index >= 15 is 0 Å². The first-order valence-corrected chi connectivity index (χ1v) is 7.70. The second-order valence-electron chi connectivity index (χ2n) is 5.08. The molecule has 0 aromatic carbocycles. The third kappa shape index (κ3) is 4.16. The molecule has 1 aliphatic rings. The van der Waals surface area contributed by atoms with Crippen molar-refractivity contribution in [1.82, 2.24) is 15.8 Å². The van der Waals surface area contributed by atoms with Gasteiger partial charge in [-0.2, -0.15) is 11.8 Å². The van der Waals surface area contributed by atoms with Gasteiger partial charge in [0, 0.05) is 17.4 Å². The van der Waals surface area contributed by atoms with Gasteiger partial charge in [-0.05, 0) is 31.9 Å². The summed E-state index contributed by atoms with van der Waals surface area (Å²) < 4.78 is 5.30. The number of carbonyl (C=O) groups excluding carboxylic acids is 1. The fourth-order valence-electron chi connectivity index (χ4n) is 2.08. The lowest BCUT2D eigenvalue weighted by molar-refractivity contribution is 0.237. The molecule has 0 saturated carbocycles. The molecular formula is C13H21N3O2S. The Labute approximate surface area is 117 Å². The molecule has 1 aromatic heterocycles. The molecule has 2 heterocycles. The maximum absolute atomic E-state index is 11.7. The van der Waals surface area contributed by atoms with Gasteiger partial charge in [-0.1, -0.05) is 12.1 Å². The Kier molecular flexibility index (Phi) is 4.74. The molecule has 1 saturated heterocycles. The summed E-state index contributed by atoms with van der Waals surface area (Å²) in [5.41, 5.74) is 0.909. The van der Waals surface area contributed by atoms with Crippen LogP contribution in [0.5, 0.6) is 0 Å². The van der Waals surface area contributed by atoms with Gasteiger partial charge < -0.3 is 15.2 Å². The number of nitrogens with one attached hydrogen (secondary N) is 2. The van der Waals surface area contributed by atoms with Gasteiger partial charge in [-0.15, -0.1) is 0 Å². The van der Waals surface area contributed by atoms with E-state index in [1.165, 1.54) is 18.6 Å². The summed E-state index contributed by atoms with van der Waals surface area (Å²) in [5, 5.41) is 9.59. The molecule has 1 atom stereocenters. The molecule has 106 valence electrons. The lowest BCUT2D eigenvalue weighted by atomic mass is 10.1. The van der Waals surface area contributed by atoms with Gasteiger partial charge in [0.1, 0.15) is 0 Å². The number of aryl methyl sites for hydroxylation is 1. The lowest BCUT2D eigenvalue weighted by Crippen LogP contribution is -2.42. The molecule has 0 aliphatic carbocycles. The molecule has 6 heteroatoms. The van der Waals surface area contributed by atoms with Crippen molar-refractivity contribution >= 4 is 17.8 Å². The maximum atomic E-state index is 11.7. The second-order valence-corrected chi connectivity index (χ2v) is 6.76. The summed E-state index contributed by atoms with van der Waals surface area (Å²) in [6.07, 6.45) is 3.24. The van der Waals surface area contributed by atoms with Crippen LogP contribution in [0.15, 0.2) is 10.6 Å². The van der Waals surface area contributed by atoms with E-state index in [1.54, 1.807) is 0 Å². The zero-order valence-electron chi connectivity index (χ0n) is 11.5. The average molecular weight is 283 g/mol. The normalized spacial score (nSPS) is 22.4. The highest BCUT2D eigenvalue weighted by molar-refractivity contribution is 8.00. The van der Waals surface area contributed by atoms with E-state index in [1.807, 2.05) is 24.8 Å². The highest BCUT2D eigenvalue weighted by atomic mass is 32.2. The Morgan fingerprint density at radius 2 is 2.42 bits per heavy atom. The van der Waals surface area contributed by atoms with Crippen molar-refractivity contribution in [3.63, 3.8) is 0 Å². The van der Waals surface area contributed by atoms with Gasteiger partial charge in [0.25, 0.3) is 0 Å². The van der Waals surface area contributed by atoms with Crippen LogP contribution in [0.25, 0.3) is 0 Å². The minimum Gasteiger partial charge on any atom is -0.359 e. The monoisotopic (exact) mass is 283 g/mol. The Morgan fingerprint density at radius 3 is 3.05 bits per heavy atom. The Hall–Kier alpha value is -1.17. The number of hydrogen-bond donors (Lipinski definition) is 2.